The second-order valence-electron chi connectivity index (χ2n) is 3.91. The van der Waals surface area contributed by atoms with Gasteiger partial charge in [-0.3, -0.25) is 10.1 Å². The molecule has 2 atom stereocenters. The van der Waals surface area contributed by atoms with Crippen LogP contribution in [0.4, 0.5) is 4.39 Å². The Hall–Kier alpha value is -0.940. The van der Waals surface area contributed by atoms with Crippen LogP contribution in [-0.2, 0) is 4.79 Å². The highest BCUT2D eigenvalue weighted by Gasteiger charge is 2.24. The van der Waals surface area contributed by atoms with Crippen LogP contribution >= 0.6 is 15.9 Å². The third-order valence-corrected chi connectivity index (χ3v) is 3.08. The average Bonchev–Trinajstić information content (AvgIpc) is 2.26. The van der Waals surface area contributed by atoms with Crippen molar-refractivity contribution in [3.8, 4) is 0 Å². The summed E-state index contributed by atoms with van der Waals surface area (Å²) >= 11 is 3.14. The average molecular weight is 304 g/mol. The molecule has 94 valence electrons. The molecule has 0 aliphatic rings. The number of hydrogen-bond acceptors (Lipinski definition) is 2. The van der Waals surface area contributed by atoms with Crippen molar-refractivity contribution in [3.05, 3.63) is 34.1 Å². The molecule has 0 aliphatic carbocycles. The highest BCUT2D eigenvalue weighted by Crippen LogP contribution is 2.22. The molecule has 5 heteroatoms. The lowest BCUT2D eigenvalue weighted by atomic mass is 10.0. The van der Waals surface area contributed by atoms with Crippen LogP contribution in [0, 0.1) is 5.82 Å². The topological polar surface area (TPSA) is 49.3 Å². The maximum atomic E-state index is 13.7. The Bertz CT molecular complexity index is 411. The number of hydrogen-bond donors (Lipinski definition) is 2. The van der Waals surface area contributed by atoms with E-state index >= 15 is 0 Å². The summed E-state index contributed by atoms with van der Waals surface area (Å²) in [6.45, 7) is 3.81. The maximum absolute atomic E-state index is 13.7. The van der Waals surface area contributed by atoms with Crippen LogP contribution in [0.5, 0.6) is 0 Å². The quantitative estimate of drug-likeness (QED) is 0.879. The molecule has 0 amide bonds. The summed E-state index contributed by atoms with van der Waals surface area (Å²) in [7, 11) is 0. The van der Waals surface area contributed by atoms with Crippen molar-refractivity contribution in [1.29, 1.82) is 0 Å². The van der Waals surface area contributed by atoms with Crippen LogP contribution in [0.3, 0.4) is 0 Å². The number of benzene rings is 1. The minimum absolute atomic E-state index is 0.0131. The molecule has 1 rings (SSSR count). The molecule has 0 aliphatic heterocycles. The Labute approximate surface area is 108 Å². The maximum Gasteiger partial charge on any atom is 0.325 e. The number of nitrogens with one attached hydrogen (secondary N) is 1. The predicted octanol–water partition coefficient (Wildman–Crippen LogP) is 3.10. The lowest BCUT2D eigenvalue weighted by molar-refractivity contribution is -0.140. The van der Waals surface area contributed by atoms with Gasteiger partial charge in [-0.1, -0.05) is 28.9 Å². The molecular weight excluding hydrogens is 289 g/mol. The Morgan fingerprint density at radius 3 is 2.71 bits per heavy atom. The molecule has 0 radical (unpaired) electrons. The second kappa shape index (κ2) is 6.12. The molecule has 0 saturated heterocycles. The van der Waals surface area contributed by atoms with Crippen LogP contribution in [-0.4, -0.2) is 17.1 Å². The molecule has 0 bridgehead atoms. The molecule has 2 N–H and O–H groups in total. The van der Waals surface area contributed by atoms with E-state index in [0.29, 0.717) is 4.47 Å². The van der Waals surface area contributed by atoms with E-state index in [9.17, 15) is 9.18 Å². The van der Waals surface area contributed by atoms with Crippen molar-refractivity contribution >= 4 is 21.9 Å². The van der Waals surface area contributed by atoms with Gasteiger partial charge in [-0.15, -0.1) is 0 Å². The SMILES string of the molecule is CCC(C)NC(C(=O)O)c1ccc(Br)cc1F. The summed E-state index contributed by atoms with van der Waals surface area (Å²) in [6, 6.07) is 3.38. The summed E-state index contributed by atoms with van der Waals surface area (Å²) in [5.74, 6) is -1.60. The van der Waals surface area contributed by atoms with Crippen molar-refractivity contribution < 1.29 is 14.3 Å². The largest absolute Gasteiger partial charge is 0.480 e. The molecule has 2 unspecified atom stereocenters. The Balaban J connectivity index is 3.01. The van der Waals surface area contributed by atoms with Crippen LogP contribution in [0.2, 0.25) is 0 Å². The molecule has 0 spiro atoms. The van der Waals surface area contributed by atoms with Crippen molar-refractivity contribution in [1.82, 2.24) is 5.32 Å². The number of aliphatic carboxylic acids is 1. The first-order valence-corrected chi connectivity index (χ1v) is 6.18. The van der Waals surface area contributed by atoms with E-state index in [1.54, 1.807) is 6.07 Å². The fourth-order valence-electron chi connectivity index (χ4n) is 1.43. The van der Waals surface area contributed by atoms with E-state index in [1.165, 1.54) is 12.1 Å². The van der Waals surface area contributed by atoms with Crippen LogP contribution in [0.25, 0.3) is 0 Å². The number of carboxylic acids is 1. The molecular formula is C12H15BrFNO2. The molecule has 1 aromatic rings. The fourth-order valence-corrected chi connectivity index (χ4v) is 1.77. The molecule has 0 aromatic heterocycles. The van der Waals surface area contributed by atoms with Crippen LogP contribution < -0.4 is 5.32 Å². The Morgan fingerprint density at radius 2 is 2.24 bits per heavy atom. The number of carbonyl (C=O) groups is 1. The van der Waals surface area contributed by atoms with Crippen LogP contribution in [0.1, 0.15) is 31.9 Å². The highest BCUT2D eigenvalue weighted by atomic mass is 79.9. The zero-order valence-corrected chi connectivity index (χ0v) is 11.3. The zero-order valence-electron chi connectivity index (χ0n) is 9.71. The minimum Gasteiger partial charge on any atom is -0.480 e. The van der Waals surface area contributed by atoms with Crippen LogP contribution in [0.15, 0.2) is 22.7 Å². The minimum atomic E-state index is -1.08. The van der Waals surface area contributed by atoms with E-state index in [2.05, 4.69) is 21.2 Å². The monoisotopic (exact) mass is 303 g/mol. The molecule has 3 nitrogen and oxygen atoms in total. The van der Waals surface area contributed by atoms with E-state index in [0.717, 1.165) is 6.42 Å². The van der Waals surface area contributed by atoms with E-state index in [-0.39, 0.29) is 11.6 Å². The van der Waals surface area contributed by atoms with E-state index in [1.807, 2.05) is 13.8 Å². The van der Waals surface area contributed by atoms with Gasteiger partial charge in [0.25, 0.3) is 0 Å². The van der Waals surface area contributed by atoms with Crippen molar-refractivity contribution in [2.24, 2.45) is 0 Å². The summed E-state index contributed by atoms with van der Waals surface area (Å²) in [4.78, 5) is 11.1. The number of rotatable bonds is 5. The summed E-state index contributed by atoms with van der Waals surface area (Å²) in [6.07, 6.45) is 0.780. The number of halogens is 2. The van der Waals surface area contributed by atoms with Crippen molar-refractivity contribution in [3.63, 3.8) is 0 Å². The molecule has 0 saturated carbocycles. The Morgan fingerprint density at radius 1 is 1.59 bits per heavy atom. The number of carboxylic acid groups (broad SMARTS) is 1. The van der Waals surface area contributed by atoms with E-state index < -0.39 is 17.8 Å². The summed E-state index contributed by atoms with van der Waals surface area (Å²) in [5.41, 5.74) is 0.154. The predicted molar refractivity (Wildman–Crippen MR) is 67.4 cm³/mol. The van der Waals surface area contributed by atoms with Gasteiger partial charge in [0.15, 0.2) is 0 Å². The molecule has 0 heterocycles. The van der Waals surface area contributed by atoms with Gasteiger partial charge in [-0.05, 0) is 25.5 Å². The first-order valence-electron chi connectivity index (χ1n) is 5.39. The normalized spacial score (nSPS) is 14.4. The van der Waals surface area contributed by atoms with E-state index in [4.69, 9.17) is 5.11 Å². The fraction of sp³-hybridized carbons (Fsp3) is 0.417. The van der Waals surface area contributed by atoms with Gasteiger partial charge in [0.2, 0.25) is 0 Å². The van der Waals surface area contributed by atoms with Gasteiger partial charge in [-0.2, -0.15) is 0 Å². The van der Waals surface area contributed by atoms with Gasteiger partial charge in [0.05, 0.1) is 0 Å². The lowest BCUT2D eigenvalue weighted by Crippen LogP contribution is -2.35. The molecule has 1 aromatic carbocycles. The summed E-state index contributed by atoms with van der Waals surface area (Å²) < 4.78 is 14.3. The smallest absolute Gasteiger partial charge is 0.325 e. The third-order valence-electron chi connectivity index (χ3n) is 2.58. The van der Waals surface area contributed by atoms with Gasteiger partial charge in [-0.25, -0.2) is 4.39 Å². The second-order valence-corrected chi connectivity index (χ2v) is 4.83. The highest BCUT2D eigenvalue weighted by molar-refractivity contribution is 9.10. The van der Waals surface area contributed by atoms with Gasteiger partial charge >= 0.3 is 5.97 Å². The van der Waals surface area contributed by atoms with Gasteiger partial charge in [0, 0.05) is 16.1 Å². The van der Waals surface area contributed by atoms with Crippen molar-refractivity contribution in [2.45, 2.75) is 32.4 Å². The standard InChI is InChI=1S/C12H15BrFNO2/c1-3-7(2)15-11(12(16)17)9-5-4-8(13)6-10(9)14/h4-7,11,15H,3H2,1-2H3,(H,16,17). The first-order chi connectivity index (χ1) is 7.95. The molecule has 0 fully saturated rings. The van der Waals surface area contributed by atoms with Crippen molar-refractivity contribution in [2.75, 3.05) is 0 Å². The molecule has 17 heavy (non-hydrogen) atoms. The third kappa shape index (κ3) is 3.78. The lowest BCUT2D eigenvalue weighted by Gasteiger charge is -2.19. The van der Waals surface area contributed by atoms with Gasteiger partial charge in [0.1, 0.15) is 11.9 Å². The zero-order chi connectivity index (χ0) is 13.0. The Kier molecular flexibility index (Phi) is 5.08. The first kappa shape index (κ1) is 14.1. The summed E-state index contributed by atoms with van der Waals surface area (Å²) in [5, 5.41) is 12.0. The van der Waals surface area contributed by atoms with Gasteiger partial charge < -0.3 is 5.11 Å².